The van der Waals surface area contributed by atoms with Gasteiger partial charge in [-0.2, -0.15) is 0 Å². The highest BCUT2D eigenvalue weighted by Gasteiger charge is 2.30. The Morgan fingerprint density at radius 2 is 2.15 bits per heavy atom. The number of benzene rings is 1. The van der Waals surface area contributed by atoms with E-state index in [0.29, 0.717) is 18.1 Å². The molecule has 1 heterocycles. The highest BCUT2D eigenvalue weighted by atomic mass is 79.9. The second-order valence-electron chi connectivity index (χ2n) is 5.61. The Balaban J connectivity index is 2.21. The molecule has 1 aromatic rings. The summed E-state index contributed by atoms with van der Waals surface area (Å²) in [5, 5.41) is 3.62. The monoisotopic (exact) mass is 342 g/mol. The van der Waals surface area contributed by atoms with Crippen molar-refractivity contribution < 1.29 is 4.39 Å². The number of nitrogens with zero attached hydrogens (tertiary/aromatic N) is 1. The van der Waals surface area contributed by atoms with Crippen LogP contribution < -0.4 is 5.32 Å². The predicted molar refractivity (Wildman–Crippen MR) is 85.4 cm³/mol. The van der Waals surface area contributed by atoms with Gasteiger partial charge in [0.2, 0.25) is 0 Å². The highest BCUT2D eigenvalue weighted by molar-refractivity contribution is 9.10. The number of nitrogens with one attached hydrogen (secondary N) is 1. The first-order valence-corrected chi connectivity index (χ1v) is 8.30. The minimum absolute atomic E-state index is 0.188. The lowest BCUT2D eigenvalue weighted by Crippen LogP contribution is -2.56. The minimum Gasteiger partial charge on any atom is -0.311 e. The number of rotatable bonds is 4. The third-order valence-corrected chi connectivity index (χ3v) is 5.10. The van der Waals surface area contributed by atoms with Crippen molar-refractivity contribution in [2.75, 3.05) is 13.1 Å². The lowest BCUT2D eigenvalue weighted by atomic mass is 9.99. The molecule has 1 aliphatic rings. The van der Waals surface area contributed by atoms with Crippen molar-refractivity contribution in [1.82, 2.24) is 10.2 Å². The third-order valence-electron chi connectivity index (χ3n) is 4.42. The van der Waals surface area contributed by atoms with Crippen LogP contribution in [0.15, 0.2) is 22.7 Å². The molecule has 1 unspecified atom stereocenters. The molecule has 1 saturated heterocycles. The predicted octanol–water partition coefficient (Wildman–Crippen LogP) is 4.11. The molecule has 4 heteroatoms. The maximum absolute atomic E-state index is 13.3. The number of hydrogen-bond acceptors (Lipinski definition) is 2. The van der Waals surface area contributed by atoms with Crippen molar-refractivity contribution in [3.05, 3.63) is 34.1 Å². The summed E-state index contributed by atoms with van der Waals surface area (Å²) in [5.41, 5.74) is 1.17. The van der Waals surface area contributed by atoms with Crippen molar-refractivity contribution in [3.8, 4) is 0 Å². The quantitative estimate of drug-likeness (QED) is 0.885. The summed E-state index contributed by atoms with van der Waals surface area (Å²) in [6.45, 7) is 8.77. The van der Waals surface area contributed by atoms with Crippen molar-refractivity contribution in [2.24, 2.45) is 0 Å². The van der Waals surface area contributed by atoms with E-state index in [9.17, 15) is 4.39 Å². The van der Waals surface area contributed by atoms with Crippen LogP contribution in [0.1, 0.15) is 45.2 Å². The molecule has 0 aromatic heterocycles. The normalized spacial score (nSPS) is 25.6. The molecule has 0 bridgehead atoms. The van der Waals surface area contributed by atoms with E-state index < -0.39 is 0 Å². The number of piperazine rings is 1. The number of halogens is 2. The van der Waals surface area contributed by atoms with Gasteiger partial charge >= 0.3 is 0 Å². The zero-order chi connectivity index (χ0) is 14.7. The van der Waals surface area contributed by atoms with Crippen molar-refractivity contribution in [3.63, 3.8) is 0 Å². The molecular weight excluding hydrogens is 319 g/mol. The third kappa shape index (κ3) is 3.41. The topological polar surface area (TPSA) is 15.3 Å². The number of hydrogen-bond donors (Lipinski definition) is 1. The Labute approximate surface area is 129 Å². The van der Waals surface area contributed by atoms with E-state index >= 15 is 0 Å². The van der Waals surface area contributed by atoms with Gasteiger partial charge in [0.25, 0.3) is 0 Å². The maximum Gasteiger partial charge on any atom is 0.124 e. The molecule has 3 atom stereocenters. The van der Waals surface area contributed by atoms with Gasteiger partial charge in [0, 0.05) is 35.7 Å². The molecule has 1 N–H and O–H groups in total. The van der Waals surface area contributed by atoms with Crippen LogP contribution in [-0.2, 0) is 0 Å². The van der Waals surface area contributed by atoms with Crippen molar-refractivity contribution in [1.29, 1.82) is 0 Å². The van der Waals surface area contributed by atoms with Gasteiger partial charge in [0.15, 0.2) is 0 Å². The van der Waals surface area contributed by atoms with E-state index in [2.05, 4.69) is 46.9 Å². The molecule has 20 heavy (non-hydrogen) atoms. The summed E-state index contributed by atoms with van der Waals surface area (Å²) in [4.78, 5) is 2.56. The summed E-state index contributed by atoms with van der Waals surface area (Å²) in [5.74, 6) is -0.188. The molecule has 2 rings (SSSR count). The molecule has 0 saturated carbocycles. The van der Waals surface area contributed by atoms with E-state index in [-0.39, 0.29) is 5.82 Å². The molecule has 2 nitrogen and oxygen atoms in total. The van der Waals surface area contributed by atoms with E-state index in [0.717, 1.165) is 30.4 Å². The van der Waals surface area contributed by atoms with Gasteiger partial charge in [0.05, 0.1) is 0 Å². The van der Waals surface area contributed by atoms with Crippen LogP contribution in [0, 0.1) is 5.82 Å². The van der Waals surface area contributed by atoms with Crippen molar-refractivity contribution in [2.45, 2.75) is 51.7 Å². The van der Waals surface area contributed by atoms with Crippen LogP contribution in [-0.4, -0.2) is 30.1 Å². The van der Waals surface area contributed by atoms with E-state index in [1.165, 1.54) is 5.56 Å². The molecular formula is C16H24BrFN2. The first kappa shape index (κ1) is 15.9. The average Bonchev–Trinajstić information content (AvgIpc) is 2.46. The van der Waals surface area contributed by atoms with Gasteiger partial charge in [-0.15, -0.1) is 0 Å². The fourth-order valence-electron chi connectivity index (χ4n) is 3.03. The Kier molecular flexibility index (Phi) is 5.58. The van der Waals surface area contributed by atoms with Gasteiger partial charge < -0.3 is 5.32 Å². The fourth-order valence-corrected chi connectivity index (χ4v) is 3.72. The van der Waals surface area contributed by atoms with Gasteiger partial charge in [-0.1, -0.05) is 35.8 Å². The zero-order valence-corrected chi connectivity index (χ0v) is 14.1. The SMILES string of the molecule is CC[C@H]1CN(C(C)c2ccc(F)cc2Br)[C@H](CC)CN1. The maximum atomic E-state index is 13.3. The van der Waals surface area contributed by atoms with E-state index in [4.69, 9.17) is 0 Å². The van der Waals surface area contributed by atoms with E-state index in [1.807, 2.05) is 6.07 Å². The molecule has 1 fully saturated rings. The Hall–Kier alpha value is -0.450. The Morgan fingerprint density at radius 1 is 1.40 bits per heavy atom. The second kappa shape index (κ2) is 7.01. The summed E-state index contributed by atoms with van der Waals surface area (Å²) in [6.07, 6.45) is 2.27. The lowest BCUT2D eigenvalue weighted by Gasteiger charge is -2.43. The lowest BCUT2D eigenvalue weighted by molar-refractivity contribution is 0.0847. The van der Waals surface area contributed by atoms with Crippen LogP contribution in [0.3, 0.4) is 0 Å². The summed E-state index contributed by atoms with van der Waals surface area (Å²) in [6, 6.07) is 6.42. The van der Waals surface area contributed by atoms with E-state index in [1.54, 1.807) is 12.1 Å². The molecule has 0 radical (unpaired) electrons. The molecule has 1 aromatic carbocycles. The summed E-state index contributed by atoms with van der Waals surface area (Å²) >= 11 is 3.51. The second-order valence-corrected chi connectivity index (χ2v) is 6.47. The van der Waals surface area contributed by atoms with Crippen LogP contribution in [0.25, 0.3) is 0 Å². The van der Waals surface area contributed by atoms with Crippen LogP contribution in [0.2, 0.25) is 0 Å². The van der Waals surface area contributed by atoms with Gasteiger partial charge in [-0.05, 0) is 37.5 Å². The molecule has 112 valence electrons. The minimum atomic E-state index is -0.188. The average molecular weight is 343 g/mol. The van der Waals surface area contributed by atoms with Crippen LogP contribution in [0.5, 0.6) is 0 Å². The Morgan fingerprint density at radius 3 is 2.75 bits per heavy atom. The van der Waals surface area contributed by atoms with Crippen molar-refractivity contribution >= 4 is 15.9 Å². The van der Waals surface area contributed by atoms with Crippen LogP contribution in [0.4, 0.5) is 4.39 Å². The molecule has 0 spiro atoms. The highest BCUT2D eigenvalue weighted by Crippen LogP contribution is 2.31. The fraction of sp³-hybridized carbons (Fsp3) is 0.625. The smallest absolute Gasteiger partial charge is 0.124 e. The molecule has 0 amide bonds. The first-order valence-electron chi connectivity index (χ1n) is 7.50. The standard InChI is InChI=1S/C16H24BrFN2/c1-4-13-10-20(14(5-2)9-19-13)11(3)15-7-6-12(18)8-16(15)17/h6-8,11,13-14,19H,4-5,9-10H2,1-3H3/t11?,13-,14+/m0/s1. The van der Waals surface area contributed by atoms with Crippen LogP contribution >= 0.6 is 15.9 Å². The van der Waals surface area contributed by atoms with Gasteiger partial charge in [-0.3, -0.25) is 4.90 Å². The molecule has 1 aliphatic heterocycles. The Bertz CT molecular complexity index is 452. The largest absolute Gasteiger partial charge is 0.311 e. The van der Waals surface area contributed by atoms with Gasteiger partial charge in [0.1, 0.15) is 5.82 Å². The summed E-state index contributed by atoms with van der Waals surface area (Å²) < 4.78 is 14.1. The van der Waals surface area contributed by atoms with Gasteiger partial charge in [-0.25, -0.2) is 4.39 Å². The zero-order valence-electron chi connectivity index (χ0n) is 12.5. The summed E-state index contributed by atoms with van der Waals surface area (Å²) in [7, 11) is 0. The first-order chi connectivity index (χ1) is 9.56. The molecule has 0 aliphatic carbocycles.